The van der Waals surface area contributed by atoms with E-state index in [4.69, 9.17) is 19.9 Å². The van der Waals surface area contributed by atoms with E-state index in [2.05, 4.69) is 10.3 Å². The van der Waals surface area contributed by atoms with Crippen molar-refractivity contribution < 1.29 is 18.6 Å². The Kier molecular flexibility index (Phi) is 5.65. The normalized spacial score (nSPS) is 17.7. The van der Waals surface area contributed by atoms with Gasteiger partial charge in [0.1, 0.15) is 29.1 Å². The molecule has 2 aliphatic rings. The highest BCUT2D eigenvalue weighted by atomic mass is 35.5. The monoisotopic (exact) mass is 405 g/mol. The van der Waals surface area contributed by atoms with E-state index >= 15 is 0 Å². The molecule has 0 amide bonds. The summed E-state index contributed by atoms with van der Waals surface area (Å²) in [6.07, 6.45) is 0.568. The molecule has 0 fully saturated rings. The van der Waals surface area contributed by atoms with Gasteiger partial charge in [-0.1, -0.05) is 18.2 Å². The molecule has 0 radical (unpaired) electrons. The third-order valence-electron chi connectivity index (χ3n) is 4.75. The third kappa shape index (κ3) is 3.33. The van der Waals surface area contributed by atoms with Crippen molar-refractivity contribution in [2.24, 2.45) is 10.7 Å². The zero-order chi connectivity index (χ0) is 19.0. The van der Waals surface area contributed by atoms with Gasteiger partial charge in [0.25, 0.3) is 0 Å². The molecule has 1 unspecified atom stereocenters. The van der Waals surface area contributed by atoms with Crippen molar-refractivity contribution in [1.82, 2.24) is 5.32 Å². The summed E-state index contributed by atoms with van der Waals surface area (Å²) in [5.74, 6) is 1.71. The Labute approximate surface area is 168 Å². The summed E-state index contributed by atoms with van der Waals surface area (Å²) in [7, 11) is 3.16. The molecule has 4 rings (SSSR count). The van der Waals surface area contributed by atoms with Crippen LogP contribution < -0.4 is 25.3 Å². The van der Waals surface area contributed by atoms with E-state index in [1.165, 1.54) is 6.07 Å². The van der Waals surface area contributed by atoms with Gasteiger partial charge in [-0.15, -0.1) is 12.4 Å². The van der Waals surface area contributed by atoms with E-state index < -0.39 is 6.04 Å². The Balaban J connectivity index is 0.00000225. The Morgan fingerprint density at radius 2 is 2.00 bits per heavy atom. The van der Waals surface area contributed by atoms with Crippen molar-refractivity contribution in [3.8, 4) is 17.2 Å². The molecule has 2 heterocycles. The van der Waals surface area contributed by atoms with Crippen LogP contribution in [0.15, 0.2) is 47.0 Å². The summed E-state index contributed by atoms with van der Waals surface area (Å²) in [6.45, 7) is 0.421. The summed E-state index contributed by atoms with van der Waals surface area (Å²) in [6, 6.07) is 9.65. The Bertz CT molecular complexity index is 962. The molecule has 1 atom stereocenters. The fourth-order valence-corrected chi connectivity index (χ4v) is 3.51. The second-order valence-electron chi connectivity index (χ2n) is 6.26. The molecule has 28 heavy (non-hydrogen) atoms. The van der Waals surface area contributed by atoms with Crippen molar-refractivity contribution >= 4 is 24.1 Å². The summed E-state index contributed by atoms with van der Waals surface area (Å²) in [5, 5.41) is 3.13. The van der Waals surface area contributed by atoms with Crippen LogP contribution in [-0.2, 0) is 0 Å². The lowest BCUT2D eigenvalue weighted by Crippen LogP contribution is -2.35. The van der Waals surface area contributed by atoms with E-state index in [9.17, 15) is 4.39 Å². The van der Waals surface area contributed by atoms with Crippen LogP contribution in [0.2, 0.25) is 0 Å². The zero-order valence-electron chi connectivity index (χ0n) is 15.5. The largest absolute Gasteiger partial charge is 0.496 e. The van der Waals surface area contributed by atoms with Gasteiger partial charge in [-0.05, 0) is 11.6 Å². The number of nitrogens with zero attached hydrogens (tertiary/aromatic N) is 1. The van der Waals surface area contributed by atoms with Gasteiger partial charge in [0.05, 0.1) is 32.1 Å². The van der Waals surface area contributed by atoms with Crippen molar-refractivity contribution in [3.63, 3.8) is 0 Å². The molecule has 0 aliphatic carbocycles. The minimum Gasteiger partial charge on any atom is -0.496 e. The van der Waals surface area contributed by atoms with Gasteiger partial charge >= 0.3 is 0 Å². The third-order valence-corrected chi connectivity index (χ3v) is 4.75. The molecule has 0 saturated carbocycles. The minimum atomic E-state index is -0.524. The maximum absolute atomic E-state index is 14.5. The lowest BCUT2D eigenvalue weighted by atomic mass is 9.91. The van der Waals surface area contributed by atoms with E-state index in [1.54, 1.807) is 44.6 Å². The number of fused-ring (bicyclic) bond motifs is 2. The van der Waals surface area contributed by atoms with Crippen LogP contribution in [0.4, 0.5) is 4.39 Å². The maximum atomic E-state index is 14.5. The highest BCUT2D eigenvalue weighted by molar-refractivity contribution is 5.94. The molecule has 0 saturated heterocycles. The lowest BCUT2D eigenvalue weighted by Gasteiger charge is -2.27. The lowest BCUT2D eigenvalue weighted by molar-refractivity contribution is 0.315. The number of benzene rings is 2. The first kappa shape index (κ1) is 19.8. The Morgan fingerprint density at radius 1 is 1.21 bits per heavy atom. The van der Waals surface area contributed by atoms with Crippen LogP contribution in [0, 0.1) is 5.82 Å². The molecular weight excluding hydrogens is 385 g/mol. The fraction of sp³-hybridized carbons (Fsp3) is 0.250. The molecule has 8 heteroatoms. The predicted octanol–water partition coefficient (Wildman–Crippen LogP) is 3.42. The van der Waals surface area contributed by atoms with Crippen molar-refractivity contribution in [2.45, 2.75) is 12.5 Å². The molecule has 0 bridgehead atoms. The topological polar surface area (TPSA) is 78.1 Å². The van der Waals surface area contributed by atoms with E-state index in [1.807, 2.05) is 0 Å². The average Bonchev–Trinajstić information content (AvgIpc) is 2.86. The number of nitrogens with one attached hydrogen (secondary N) is 1. The molecule has 0 aromatic heterocycles. The van der Waals surface area contributed by atoms with Crippen molar-refractivity contribution in [3.05, 3.63) is 58.9 Å². The van der Waals surface area contributed by atoms with Crippen molar-refractivity contribution in [2.75, 3.05) is 20.8 Å². The highest BCUT2D eigenvalue weighted by Crippen LogP contribution is 2.45. The minimum absolute atomic E-state index is 0. The zero-order valence-corrected chi connectivity index (χ0v) is 16.3. The van der Waals surface area contributed by atoms with Crippen LogP contribution in [0.25, 0.3) is 5.70 Å². The second-order valence-corrected chi connectivity index (χ2v) is 6.26. The first-order valence-electron chi connectivity index (χ1n) is 8.59. The van der Waals surface area contributed by atoms with Crippen LogP contribution in [0.3, 0.4) is 0 Å². The molecule has 2 aromatic carbocycles. The summed E-state index contributed by atoms with van der Waals surface area (Å²) >= 11 is 0. The van der Waals surface area contributed by atoms with Crippen LogP contribution in [0.5, 0.6) is 17.2 Å². The molecule has 148 valence electrons. The molecule has 2 aliphatic heterocycles. The Morgan fingerprint density at radius 3 is 2.71 bits per heavy atom. The second kappa shape index (κ2) is 7.98. The molecule has 2 aromatic rings. The summed E-state index contributed by atoms with van der Waals surface area (Å²) < 4.78 is 31.3. The molecular formula is C20H21ClFN3O3. The fourth-order valence-electron chi connectivity index (χ4n) is 3.51. The number of aliphatic imine (C=N–C) groups is 1. The van der Waals surface area contributed by atoms with Crippen molar-refractivity contribution in [1.29, 1.82) is 0 Å². The standard InChI is InChI=1S/C20H20FN3O3.ClH/c1-25-11-9-15(26-2)17-16(10-11)27-8-7-13-18(23-20(22)24-19(13)17)12-5-3-4-6-14(12)21;/h3-6,9-10,18H,7-8H2,1-2H3,(H3,22,23,24);1H. The maximum Gasteiger partial charge on any atom is 0.194 e. The van der Waals surface area contributed by atoms with Gasteiger partial charge in [0, 0.05) is 24.1 Å². The summed E-state index contributed by atoms with van der Waals surface area (Å²) in [5.41, 5.74) is 8.89. The SMILES string of the molecule is COc1cc(OC)c2c(c1)OCCC1=C2NC(N)=NC1c1ccccc1F.Cl. The predicted molar refractivity (Wildman–Crippen MR) is 108 cm³/mol. The van der Waals surface area contributed by atoms with E-state index in [0.717, 1.165) is 16.8 Å². The van der Waals surface area contributed by atoms with Gasteiger partial charge in [0.2, 0.25) is 0 Å². The van der Waals surface area contributed by atoms with Gasteiger partial charge < -0.3 is 25.3 Å². The average molecular weight is 406 g/mol. The number of hydrogen-bond acceptors (Lipinski definition) is 6. The molecule has 3 N–H and O–H groups in total. The van der Waals surface area contributed by atoms with Crippen LogP contribution in [-0.4, -0.2) is 26.8 Å². The first-order valence-corrected chi connectivity index (χ1v) is 8.59. The van der Waals surface area contributed by atoms with Gasteiger partial charge in [-0.2, -0.15) is 0 Å². The summed E-state index contributed by atoms with van der Waals surface area (Å²) in [4.78, 5) is 4.47. The molecule has 0 spiro atoms. The number of rotatable bonds is 3. The van der Waals surface area contributed by atoms with Gasteiger partial charge in [0.15, 0.2) is 5.96 Å². The quantitative estimate of drug-likeness (QED) is 0.818. The highest BCUT2D eigenvalue weighted by Gasteiger charge is 2.32. The number of nitrogens with two attached hydrogens (primary N) is 1. The number of halogens is 2. The van der Waals surface area contributed by atoms with Gasteiger partial charge in [-0.3, -0.25) is 0 Å². The molecule has 6 nitrogen and oxygen atoms in total. The van der Waals surface area contributed by atoms with E-state index in [0.29, 0.717) is 35.8 Å². The van der Waals surface area contributed by atoms with Gasteiger partial charge in [-0.25, -0.2) is 9.38 Å². The number of guanidine groups is 1. The number of ether oxygens (including phenoxy) is 3. The number of methoxy groups -OCH3 is 2. The smallest absolute Gasteiger partial charge is 0.194 e. The first-order chi connectivity index (χ1) is 13.1. The number of hydrogen-bond donors (Lipinski definition) is 2. The van der Waals surface area contributed by atoms with Crippen LogP contribution in [0.1, 0.15) is 23.6 Å². The van der Waals surface area contributed by atoms with E-state index in [-0.39, 0.29) is 24.2 Å². The van der Waals surface area contributed by atoms with Crippen LogP contribution >= 0.6 is 12.4 Å². The Hall–Kier alpha value is -2.93.